The molecule has 1 saturated heterocycles. The molecule has 1 atom stereocenters. The first kappa shape index (κ1) is 15.0. The number of nitrogens with zero attached hydrogens (tertiary/aromatic N) is 5. The molecule has 3 heterocycles. The first-order valence-electron chi connectivity index (χ1n) is 7.85. The molecule has 1 aromatic carbocycles. The molecule has 122 valence electrons. The molecule has 0 amide bonds. The minimum Gasteiger partial charge on any atom is -0.497 e. The number of benzene rings is 1. The lowest BCUT2D eigenvalue weighted by molar-refractivity contribution is 0.415. The van der Waals surface area contributed by atoms with Crippen molar-refractivity contribution in [3.05, 3.63) is 47.0 Å². The molecule has 1 aliphatic heterocycles. The van der Waals surface area contributed by atoms with E-state index >= 15 is 0 Å². The number of rotatable bonds is 4. The van der Waals surface area contributed by atoms with Gasteiger partial charge in [-0.05, 0) is 37.1 Å². The Hall–Kier alpha value is -2.54. The van der Waals surface area contributed by atoms with E-state index in [0.29, 0.717) is 5.95 Å². The highest BCUT2D eigenvalue weighted by Crippen LogP contribution is 2.35. The van der Waals surface area contributed by atoms with Crippen LogP contribution in [0, 0.1) is 0 Å². The SMILES string of the molecule is COc1ccc(-c2cnnc(N3CCCC3c3nccs3)n2)cc1. The van der Waals surface area contributed by atoms with Crippen LogP contribution in [0.25, 0.3) is 11.3 Å². The average Bonchev–Trinajstić information content (AvgIpc) is 3.33. The summed E-state index contributed by atoms with van der Waals surface area (Å²) in [7, 11) is 1.66. The van der Waals surface area contributed by atoms with E-state index in [-0.39, 0.29) is 6.04 Å². The molecule has 0 spiro atoms. The lowest BCUT2D eigenvalue weighted by atomic mass is 10.1. The second kappa shape index (κ2) is 6.52. The van der Waals surface area contributed by atoms with Crippen LogP contribution < -0.4 is 9.64 Å². The van der Waals surface area contributed by atoms with Crippen molar-refractivity contribution in [2.45, 2.75) is 18.9 Å². The summed E-state index contributed by atoms with van der Waals surface area (Å²) in [5.41, 5.74) is 1.81. The summed E-state index contributed by atoms with van der Waals surface area (Å²) in [4.78, 5) is 11.4. The highest BCUT2D eigenvalue weighted by Gasteiger charge is 2.30. The summed E-state index contributed by atoms with van der Waals surface area (Å²) < 4.78 is 5.20. The molecule has 2 aromatic heterocycles. The Bertz CT molecular complexity index is 806. The fourth-order valence-electron chi connectivity index (χ4n) is 2.98. The Kier molecular flexibility index (Phi) is 4.08. The van der Waals surface area contributed by atoms with Crippen LogP contribution in [0.5, 0.6) is 5.75 Å². The highest BCUT2D eigenvalue weighted by molar-refractivity contribution is 7.09. The monoisotopic (exact) mass is 339 g/mol. The van der Waals surface area contributed by atoms with E-state index in [4.69, 9.17) is 9.72 Å². The molecule has 0 bridgehead atoms. The summed E-state index contributed by atoms with van der Waals surface area (Å²) in [5, 5.41) is 11.5. The summed E-state index contributed by atoms with van der Waals surface area (Å²) in [6.45, 7) is 0.929. The largest absolute Gasteiger partial charge is 0.497 e. The molecule has 1 fully saturated rings. The normalized spacial score (nSPS) is 17.2. The molecule has 6 nitrogen and oxygen atoms in total. The maximum absolute atomic E-state index is 5.20. The van der Waals surface area contributed by atoms with E-state index in [0.717, 1.165) is 41.4 Å². The summed E-state index contributed by atoms with van der Waals surface area (Å²) >= 11 is 1.68. The topological polar surface area (TPSA) is 64.0 Å². The van der Waals surface area contributed by atoms with Gasteiger partial charge < -0.3 is 9.64 Å². The van der Waals surface area contributed by atoms with E-state index in [2.05, 4.69) is 20.1 Å². The van der Waals surface area contributed by atoms with Crippen molar-refractivity contribution in [2.24, 2.45) is 0 Å². The van der Waals surface area contributed by atoms with Crippen LogP contribution in [0.1, 0.15) is 23.9 Å². The van der Waals surface area contributed by atoms with Crippen LogP contribution >= 0.6 is 11.3 Å². The van der Waals surface area contributed by atoms with E-state index in [9.17, 15) is 0 Å². The minimum absolute atomic E-state index is 0.248. The molecule has 24 heavy (non-hydrogen) atoms. The Morgan fingerprint density at radius 1 is 1.25 bits per heavy atom. The Labute approximate surface area is 144 Å². The zero-order valence-electron chi connectivity index (χ0n) is 13.3. The summed E-state index contributed by atoms with van der Waals surface area (Å²) in [6.07, 6.45) is 5.73. The van der Waals surface area contributed by atoms with Crippen molar-refractivity contribution >= 4 is 17.3 Å². The summed E-state index contributed by atoms with van der Waals surface area (Å²) in [5.74, 6) is 1.49. The quantitative estimate of drug-likeness (QED) is 0.726. The van der Waals surface area contributed by atoms with E-state index < -0.39 is 0 Å². The van der Waals surface area contributed by atoms with Crippen LogP contribution in [0.3, 0.4) is 0 Å². The average molecular weight is 339 g/mol. The number of hydrogen-bond acceptors (Lipinski definition) is 7. The predicted molar refractivity (Wildman–Crippen MR) is 93.3 cm³/mol. The molecule has 0 saturated carbocycles. The van der Waals surface area contributed by atoms with Gasteiger partial charge in [0.15, 0.2) is 0 Å². The van der Waals surface area contributed by atoms with E-state index in [1.54, 1.807) is 24.6 Å². The molecule has 3 aromatic rings. The van der Waals surface area contributed by atoms with Crippen molar-refractivity contribution < 1.29 is 4.74 Å². The fraction of sp³-hybridized carbons (Fsp3) is 0.294. The van der Waals surface area contributed by atoms with Gasteiger partial charge in [0.05, 0.1) is 25.0 Å². The van der Waals surface area contributed by atoms with Gasteiger partial charge in [-0.25, -0.2) is 9.97 Å². The van der Waals surface area contributed by atoms with Crippen LogP contribution in [0.2, 0.25) is 0 Å². The standard InChI is InChI=1S/C17H17N5OS/c1-23-13-6-4-12(5-7-13)14-11-19-21-17(20-14)22-9-2-3-15(22)16-18-8-10-24-16/h4-8,10-11,15H,2-3,9H2,1H3. The van der Waals surface area contributed by atoms with Gasteiger partial charge in [-0.3, -0.25) is 0 Å². The van der Waals surface area contributed by atoms with Gasteiger partial charge in [-0.1, -0.05) is 0 Å². The third kappa shape index (κ3) is 2.82. The van der Waals surface area contributed by atoms with Gasteiger partial charge in [-0.2, -0.15) is 5.10 Å². The van der Waals surface area contributed by atoms with Crippen molar-refractivity contribution in [2.75, 3.05) is 18.6 Å². The summed E-state index contributed by atoms with van der Waals surface area (Å²) in [6, 6.07) is 8.05. The van der Waals surface area contributed by atoms with Gasteiger partial charge in [-0.15, -0.1) is 16.4 Å². The number of hydrogen-bond donors (Lipinski definition) is 0. The smallest absolute Gasteiger partial charge is 0.246 e. The maximum Gasteiger partial charge on any atom is 0.246 e. The number of aromatic nitrogens is 4. The molecular weight excluding hydrogens is 322 g/mol. The molecule has 0 aliphatic carbocycles. The van der Waals surface area contributed by atoms with Crippen LogP contribution in [-0.2, 0) is 0 Å². The van der Waals surface area contributed by atoms with Crippen LogP contribution in [0.15, 0.2) is 42.0 Å². The molecule has 1 unspecified atom stereocenters. The Balaban J connectivity index is 1.64. The van der Waals surface area contributed by atoms with Gasteiger partial charge in [0.25, 0.3) is 0 Å². The lowest BCUT2D eigenvalue weighted by Gasteiger charge is -2.22. The fourth-order valence-corrected chi connectivity index (χ4v) is 3.76. The second-order valence-corrected chi connectivity index (χ2v) is 6.52. The van der Waals surface area contributed by atoms with E-state index in [1.165, 1.54) is 0 Å². The Morgan fingerprint density at radius 2 is 2.12 bits per heavy atom. The van der Waals surface area contributed by atoms with Gasteiger partial charge in [0.1, 0.15) is 10.8 Å². The molecular formula is C17H17N5OS. The molecule has 0 radical (unpaired) electrons. The van der Waals surface area contributed by atoms with Gasteiger partial charge in [0, 0.05) is 23.7 Å². The zero-order valence-corrected chi connectivity index (χ0v) is 14.1. The predicted octanol–water partition coefficient (Wildman–Crippen LogP) is 3.35. The second-order valence-electron chi connectivity index (χ2n) is 5.59. The van der Waals surface area contributed by atoms with Crippen molar-refractivity contribution in [1.82, 2.24) is 20.2 Å². The molecule has 4 rings (SSSR count). The van der Waals surface area contributed by atoms with Gasteiger partial charge >= 0.3 is 0 Å². The molecule has 1 aliphatic rings. The third-order valence-electron chi connectivity index (χ3n) is 4.18. The van der Waals surface area contributed by atoms with E-state index in [1.807, 2.05) is 35.8 Å². The lowest BCUT2D eigenvalue weighted by Crippen LogP contribution is -2.25. The van der Waals surface area contributed by atoms with Crippen LogP contribution in [0.4, 0.5) is 5.95 Å². The first-order valence-corrected chi connectivity index (χ1v) is 8.73. The number of methoxy groups -OCH3 is 1. The number of thiazole rings is 1. The number of ether oxygens (including phenoxy) is 1. The third-order valence-corrected chi connectivity index (χ3v) is 5.06. The minimum atomic E-state index is 0.248. The van der Waals surface area contributed by atoms with Crippen molar-refractivity contribution in [1.29, 1.82) is 0 Å². The maximum atomic E-state index is 5.20. The number of anilines is 1. The van der Waals surface area contributed by atoms with Crippen LogP contribution in [-0.4, -0.2) is 33.8 Å². The van der Waals surface area contributed by atoms with Gasteiger partial charge in [0.2, 0.25) is 5.95 Å². The van der Waals surface area contributed by atoms with Crippen molar-refractivity contribution in [3.63, 3.8) is 0 Å². The Morgan fingerprint density at radius 3 is 2.88 bits per heavy atom. The first-order chi connectivity index (χ1) is 11.8. The highest BCUT2D eigenvalue weighted by atomic mass is 32.1. The zero-order chi connectivity index (χ0) is 16.4. The van der Waals surface area contributed by atoms with Crippen molar-refractivity contribution in [3.8, 4) is 17.0 Å². The molecule has 0 N–H and O–H groups in total. The molecule has 7 heteroatoms.